The molecule has 0 aromatic heterocycles. The lowest BCUT2D eigenvalue weighted by Gasteiger charge is -2.51. The summed E-state index contributed by atoms with van der Waals surface area (Å²) >= 11 is 0. The van der Waals surface area contributed by atoms with E-state index in [1.165, 1.54) is 0 Å². The molecule has 1 saturated heterocycles. The van der Waals surface area contributed by atoms with Gasteiger partial charge in [-0.05, 0) is 19.3 Å². The summed E-state index contributed by atoms with van der Waals surface area (Å²) in [4.78, 5) is 0. The maximum Gasteiger partial charge on any atom is 0.166 e. The van der Waals surface area contributed by atoms with Gasteiger partial charge in [0.2, 0.25) is 0 Å². The Balaban J connectivity index is 2.20. The molecule has 2 fully saturated rings. The molecule has 1 saturated carbocycles. The van der Waals surface area contributed by atoms with Crippen molar-refractivity contribution in [1.82, 2.24) is 0 Å². The van der Waals surface area contributed by atoms with Crippen LogP contribution in [-0.4, -0.2) is 30.2 Å². The van der Waals surface area contributed by atoms with E-state index in [0.29, 0.717) is 13.2 Å². The van der Waals surface area contributed by atoms with Gasteiger partial charge in [0, 0.05) is 11.3 Å². The predicted octanol–water partition coefficient (Wildman–Crippen LogP) is 2.10. The quantitative estimate of drug-likeness (QED) is 0.749. The average Bonchev–Trinajstić information content (AvgIpc) is 2.57. The summed E-state index contributed by atoms with van der Waals surface area (Å²) in [6.07, 6.45) is 4.31. The second kappa shape index (κ2) is 4.13. The number of fused-ring (bicyclic) bond motifs is 1. The van der Waals surface area contributed by atoms with Crippen LogP contribution in [0.4, 0.5) is 0 Å². The highest BCUT2D eigenvalue weighted by Crippen LogP contribution is 2.55. The minimum absolute atomic E-state index is 0.184. The van der Waals surface area contributed by atoms with Crippen molar-refractivity contribution < 1.29 is 14.6 Å². The van der Waals surface area contributed by atoms with Crippen molar-refractivity contribution in [2.75, 3.05) is 13.2 Å². The molecule has 1 aliphatic carbocycles. The van der Waals surface area contributed by atoms with Crippen LogP contribution in [0.5, 0.6) is 0 Å². The van der Waals surface area contributed by atoms with Crippen LogP contribution in [0.25, 0.3) is 0 Å². The largest absolute Gasteiger partial charge is 0.389 e. The van der Waals surface area contributed by atoms with E-state index in [-0.39, 0.29) is 17.6 Å². The lowest BCUT2D eigenvalue weighted by Crippen LogP contribution is -2.60. The molecule has 92 valence electrons. The average molecular weight is 226 g/mol. The lowest BCUT2D eigenvalue weighted by molar-refractivity contribution is -0.296. The van der Waals surface area contributed by atoms with Crippen LogP contribution in [0.3, 0.4) is 0 Å². The van der Waals surface area contributed by atoms with Crippen molar-refractivity contribution >= 4 is 0 Å². The smallest absolute Gasteiger partial charge is 0.166 e. The molecule has 0 bridgehead atoms. The molecule has 4 atom stereocenters. The van der Waals surface area contributed by atoms with E-state index < -0.39 is 5.60 Å². The first-order valence-corrected chi connectivity index (χ1v) is 6.11. The minimum atomic E-state index is -0.628. The Labute approximate surface area is 97.4 Å². The first-order valence-electron chi connectivity index (χ1n) is 6.11. The zero-order chi connectivity index (χ0) is 11.8. The number of aliphatic hydroxyl groups is 1. The van der Waals surface area contributed by atoms with Crippen molar-refractivity contribution in [3.05, 3.63) is 12.7 Å². The van der Waals surface area contributed by atoms with Gasteiger partial charge < -0.3 is 14.6 Å². The van der Waals surface area contributed by atoms with E-state index in [9.17, 15) is 5.11 Å². The van der Waals surface area contributed by atoms with Gasteiger partial charge in [-0.25, -0.2) is 0 Å². The van der Waals surface area contributed by atoms with Crippen LogP contribution in [0.1, 0.15) is 33.1 Å². The predicted molar refractivity (Wildman–Crippen MR) is 62.0 cm³/mol. The fraction of sp³-hybridized carbons (Fsp3) is 0.846. The van der Waals surface area contributed by atoms with Crippen LogP contribution in [0.2, 0.25) is 0 Å². The summed E-state index contributed by atoms with van der Waals surface area (Å²) in [7, 11) is 0. The molecule has 2 rings (SSSR count). The highest BCUT2D eigenvalue weighted by atomic mass is 16.7. The molecule has 3 nitrogen and oxygen atoms in total. The van der Waals surface area contributed by atoms with Crippen molar-refractivity contribution in [2.45, 2.75) is 45.0 Å². The molecule has 0 amide bonds. The van der Waals surface area contributed by atoms with E-state index in [2.05, 4.69) is 20.4 Å². The van der Waals surface area contributed by atoms with Crippen LogP contribution in [0.15, 0.2) is 12.7 Å². The van der Waals surface area contributed by atoms with Crippen LogP contribution in [0, 0.1) is 11.3 Å². The Kier molecular flexibility index (Phi) is 3.12. The highest BCUT2D eigenvalue weighted by molar-refractivity contribution is 5.08. The standard InChI is InChI=1S/C13H22O3/c1-4-8-15-11-12(3)6-5-7-13(12,14)10(2)9-16-11/h4,10-11,14H,1,5-9H2,2-3H3/t10-,11+,12-,13+/m0/s1. The SMILES string of the molecule is C=CCO[C@@H]1OC[C@H](C)[C@]2(O)CCC[C@@]12C. The Bertz CT molecular complexity index is 278. The number of rotatable bonds is 3. The van der Waals surface area contributed by atoms with Gasteiger partial charge in [-0.3, -0.25) is 0 Å². The fourth-order valence-electron chi connectivity index (χ4n) is 3.30. The van der Waals surface area contributed by atoms with Crippen molar-refractivity contribution in [3.63, 3.8) is 0 Å². The molecule has 1 heterocycles. The summed E-state index contributed by atoms with van der Waals surface area (Å²) < 4.78 is 11.4. The number of hydrogen-bond donors (Lipinski definition) is 1. The molecular formula is C13H22O3. The molecule has 0 aromatic rings. The number of hydrogen-bond acceptors (Lipinski definition) is 3. The summed E-state index contributed by atoms with van der Waals surface area (Å²) in [5.41, 5.74) is -0.898. The molecule has 16 heavy (non-hydrogen) atoms. The first-order chi connectivity index (χ1) is 7.54. The third-order valence-corrected chi connectivity index (χ3v) is 4.44. The third kappa shape index (κ3) is 1.53. The van der Waals surface area contributed by atoms with Gasteiger partial charge in [-0.1, -0.05) is 19.9 Å². The van der Waals surface area contributed by atoms with Gasteiger partial charge in [0.25, 0.3) is 0 Å². The van der Waals surface area contributed by atoms with Crippen LogP contribution >= 0.6 is 0 Å². The molecule has 1 N–H and O–H groups in total. The topological polar surface area (TPSA) is 38.7 Å². The normalized spacial score (nSPS) is 47.7. The Morgan fingerprint density at radius 1 is 1.56 bits per heavy atom. The molecule has 1 aliphatic heterocycles. The zero-order valence-electron chi connectivity index (χ0n) is 10.2. The van der Waals surface area contributed by atoms with Crippen molar-refractivity contribution in [2.24, 2.45) is 11.3 Å². The second-order valence-electron chi connectivity index (χ2n) is 5.38. The zero-order valence-corrected chi connectivity index (χ0v) is 10.2. The molecule has 0 unspecified atom stereocenters. The van der Waals surface area contributed by atoms with Gasteiger partial charge >= 0.3 is 0 Å². The van der Waals surface area contributed by atoms with Crippen LogP contribution in [-0.2, 0) is 9.47 Å². The van der Waals surface area contributed by atoms with Gasteiger partial charge in [0.1, 0.15) is 0 Å². The molecule has 0 radical (unpaired) electrons. The second-order valence-corrected chi connectivity index (χ2v) is 5.38. The molecule has 0 spiro atoms. The summed E-state index contributed by atoms with van der Waals surface area (Å²) in [5.74, 6) is 0.184. The van der Waals surface area contributed by atoms with E-state index in [1.54, 1.807) is 6.08 Å². The maximum atomic E-state index is 10.8. The molecule has 3 heteroatoms. The van der Waals surface area contributed by atoms with E-state index >= 15 is 0 Å². The van der Waals surface area contributed by atoms with Gasteiger partial charge in [-0.15, -0.1) is 6.58 Å². The summed E-state index contributed by atoms with van der Waals surface area (Å²) in [6, 6.07) is 0. The molecule has 2 aliphatic rings. The Morgan fingerprint density at radius 2 is 2.31 bits per heavy atom. The van der Waals surface area contributed by atoms with Gasteiger partial charge in [-0.2, -0.15) is 0 Å². The number of ether oxygens (including phenoxy) is 2. The van der Waals surface area contributed by atoms with Crippen molar-refractivity contribution in [3.8, 4) is 0 Å². The maximum absolute atomic E-state index is 10.8. The lowest BCUT2D eigenvalue weighted by atomic mass is 9.67. The summed E-state index contributed by atoms with van der Waals surface area (Å²) in [5, 5.41) is 10.8. The third-order valence-electron chi connectivity index (χ3n) is 4.44. The van der Waals surface area contributed by atoms with Gasteiger partial charge in [0.05, 0.1) is 18.8 Å². The monoisotopic (exact) mass is 226 g/mol. The molecular weight excluding hydrogens is 204 g/mol. The fourth-order valence-corrected chi connectivity index (χ4v) is 3.30. The summed E-state index contributed by atoms with van der Waals surface area (Å²) in [6.45, 7) is 8.85. The minimum Gasteiger partial charge on any atom is -0.389 e. The Morgan fingerprint density at radius 3 is 3.00 bits per heavy atom. The van der Waals surface area contributed by atoms with Gasteiger partial charge in [0.15, 0.2) is 6.29 Å². The highest BCUT2D eigenvalue weighted by Gasteiger charge is 2.61. The van der Waals surface area contributed by atoms with Crippen LogP contribution < -0.4 is 0 Å². The molecule has 0 aromatic carbocycles. The Hall–Kier alpha value is -0.380. The first kappa shape index (κ1) is 12.1. The van der Waals surface area contributed by atoms with E-state index in [0.717, 1.165) is 19.3 Å². The van der Waals surface area contributed by atoms with E-state index in [4.69, 9.17) is 9.47 Å². The van der Waals surface area contributed by atoms with Crippen molar-refractivity contribution in [1.29, 1.82) is 0 Å². The van der Waals surface area contributed by atoms with E-state index in [1.807, 2.05) is 0 Å².